The highest BCUT2D eigenvalue weighted by atomic mass is 79.9. The fourth-order valence-electron chi connectivity index (χ4n) is 1.52. The van der Waals surface area contributed by atoms with E-state index in [1.165, 1.54) is 4.90 Å². The predicted octanol–water partition coefficient (Wildman–Crippen LogP) is 3.28. The van der Waals surface area contributed by atoms with Crippen LogP contribution < -0.4 is 5.32 Å². The summed E-state index contributed by atoms with van der Waals surface area (Å²) in [6.07, 6.45) is 0. The van der Waals surface area contributed by atoms with Gasteiger partial charge in [0.25, 0.3) is 11.1 Å². The summed E-state index contributed by atoms with van der Waals surface area (Å²) in [5, 5.41) is 2.91. The van der Waals surface area contributed by atoms with Gasteiger partial charge in [-0.15, -0.1) is 0 Å². The monoisotopic (exact) mass is 392 g/mol. The summed E-state index contributed by atoms with van der Waals surface area (Å²) in [6, 6.07) is 7.47. The lowest BCUT2D eigenvalue weighted by molar-refractivity contribution is -0.125. The van der Waals surface area contributed by atoms with Gasteiger partial charge in [0.05, 0.1) is 0 Å². The zero-order chi connectivity index (χ0) is 13.1. The SMILES string of the molecule is O=C1S[C@H](Nc2ccc(Br)cc2)C(=O)N1CCBr. The Morgan fingerprint density at radius 2 is 1.94 bits per heavy atom. The number of nitrogens with one attached hydrogen (secondary N) is 1. The minimum Gasteiger partial charge on any atom is -0.365 e. The van der Waals surface area contributed by atoms with Gasteiger partial charge >= 0.3 is 0 Å². The number of nitrogens with zero attached hydrogens (tertiary/aromatic N) is 1. The molecule has 1 aromatic rings. The van der Waals surface area contributed by atoms with Crippen LogP contribution in [0.15, 0.2) is 28.7 Å². The average molecular weight is 394 g/mol. The number of rotatable bonds is 4. The molecule has 2 amide bonds. The first-order valence-corrected chi connectivity index (χ1v) is 8.01. The average Bonchev–Trinajstić information content (AvgIpc) is 2.60. The first-order valence-electron chi connectivity index (χ1n) is 5.22. The summed E-state index contributed by atoms with van der Waals surface area (Å²) in [7, 11) is 0. The van der Waals surface area contributed by atoms with E-state index < -0.39 is 5.37 Å². The van der Waals surface area contributed by atoms with Gasteiger partial charge in [0.1, 0.15) is 0 Å². The third-order valence-corrected chi connectivity index (χ3v) is 4.24. The molecule has 1 aliphatic heterocycles. The Labute approximate surface area is 126 Å². The molecular formula is C11H10Br2N2O2S. The Kier molecular flexibility index (Phi) is 4.69. The fourth-order valence-corrected chi connectivity index (χ4v) is 3.07. The first-order chi connectivity index (χ1) is 8.61. The Bertz CT molecular complexity index is 467. The first kappa shape index (κ1) is 13.9. The van der Waals surface area contributed by atoms with E-state index in [1.807, 2.05) is 24.3 Å². The predicted molar refractivity (Wildman–Crippen MR) is 80.0 cm³/mol. The molecule has 4 nitrogen and oxygen atoms in total. The minimum atomic E-state index is -0.530. The number of benzene rings is 1. The number of imide groups is 1. The van der Waals surface area contributed by atoms with Gasteiger partial charge < -0.3 is 5.32 Å². The van der Waals surface area contributed by atoms with Crippen molar-refractivity contribution >= 4 is 60.5 Å². The van der Waals surface area contributed by atoms with E-state index in [0.717, 1.165) is 21.9 Å². The van der Waals surface area contributed by atoms with E-state index in [9.17, 15) is 9.59 Å². The number of amides is 2. The molecule has 0 radical (unpaired) electrons. The second kappa shape index (κ2) is 6.08. The van der Waals surface area contributed by atoms with Crippen LogP contribution in [0.1, 0.15) is 0 Å². The smallest absolute Gasteiger partial charge is 0.290 e. The molecule has 1 saturated heterocycles. The van der Waals surface area contributed by atoms with E-state index in [1.54, 1.807) is 0 Å². The highest BCUT2D eigenvalue weighted by molar-refractivity contribution is 9.10. The van der Waals surface area contributed by atoms with Gasteiger partial charge in [-0.1, -0.05) is 31.9 Å². The molecule has 2 rings (SSSR count). The van der Waals surface area contributed by atoms with Crippen molar-refractivity contribution in [3.63, 3.8) is 0 Å². The molecule has 18 heavy (non-hydrogen) atoms. The molecule has 1 heterocycles. The number of carbonyl (C=O) groups excluding carboxylic acids is 2. The van der Waals surface area contributed by atoms with Gasteiger partial charge in [-0.25, -0.2) is 0 Å². The van der Waals surface area contributed by atoms with Crippen LogP contribution in [0, 0.1) is 0 Å². The molecule has 0 saturated carbocycles. The number of hydrogen-bond donors (Lipinski definition) is 1. The zero-order valence-electron chi connectivity index (χ0n) is 9.23. The van der Waals surface area contributed by atoms with Gasteiger partial charge in [0.15, 0.2) is 5.37 Å². The van der Waals surface area contributed by atoms with Crippen molar-refractivity contribution in [1.82, 2.24) is 4.90 Å². The van der Waals surface area contributed by atoms with Crippen LogP contribution >= 0.6 is 43.6 Å². The number of hydrogen-bond acceptors (Lipinski definition) is 4. The number of halogens is 2. The van der Waals surface area contributed by atoms with Crippen molar-refractivity contribution in [3.8, 4) is 0 Å². The fraction of sp³-hybridized carbons (Fsp3) is 0.273. The second-order valence-corrected chi connectivity index (χ2v) is 6.36. The molecule has 1 fully saturated rings. The summed E-state index contributed by atoms with van der Waals surface area (Å²) < 4.78 is 0.968. The Morgan fingerprint density at radius 3 is 2.56 bits per heavy atom. The topological polar surface area (TPSA) is 49.4 Å². The van der Waals surface area contributed by atoms with Crippen molar-refractivity contribution in [2.45, 2.75) is 5.37 Å². The van der Waals surface area contributed by atoms with Crippen LogP contribution in [0.4, 0.5) is 10.5 Å². The highest BCUT2D eigenvalue weighted by Crippen LogP contribution is 2.28. The lowest BCUT2D eigenvalue weighted by atomic mass is 10.3. The van der Waals surface area contributed by atoms with Crippen LogP contribution in [0.5, 0.6) is 0 Å². The molecule has 0 aromatic heterocycles. The van der Waals surface area contributed by atoms with Gasteiger partial charge in [-0.3, -0.25) is 14.5 Å². The summed E-state index contributed by atoms with van der Waals surface area (Å²) in [5.74, 6) is -0.188. The van der Waals surface area contributed by atoms with Crippen LogP contribution in [-0.4, -0.2) is 33.3 Å². The normalized spacial score (nSPS) is 19.4. The third-order valence-electron chi connectivity index (χ3n) is 2.38. The van der Waals surface area contributed by atoms with E-state index in [4.69, 9.17) is 0 Å². The molecule has 1 atom stereocenters. The van der Waals surface area contributed by atoms with E-state index in [0.29, 0.717) is 11.9 Å². The molecule has 0 bridgehead atoms. The molecule has 1 aliphatic rings. The molecule has 96 valence electrons. The highest BCUT2D eigenvalue weighted by Gasteiger charge is 2.39. The molecule has 0 spiro atoms. The van der Waals surface area contributed by atoms with Crippen molar-refractivity contribution in [2.24, 2.45) is 0 Å². The molecule has 1 N–H and O–H groups in total. The van der Waals surface area contributed by atoms with Gasteiger partial charge in [0.2, 0.25) is 0 Å². The van der Waals surface area contributed by atoms with Crippen molar-refractivity contribution in [2.75, 3.05) is 17.2 Å². The van der Waals surface area contributed by atoms with E-state index >= 15 is 0 Å². The number of alkyl halides is 1. The van der Waals surface area contributed by atoms with Crippen molar-refractivity contribution in [1.29, 1.82) is 0 Å². The van der Waals surface area contributed by atoms with Gasteiger partial charge in [0, 0.05) is 22.0 Å². The summed E-state index contributed by atoms with van der Waals surface area (Å²) >= 11 is 7.58. The van der Waals surface area contributed by atoms with Crippen LogP contribution in [0.3, 0.4) is 0 Å². The molecule has 0 unspecified atom stereocenters. The van der Waals surface area contributed by atoms with E-state index in [2.05, 4.69) is 37.2 Å². The third kappa shape index (κ3) is 3.07. The quantitative estimate of drug-likeness (QED) is 0.797. The Morgan fingerprint density at radius 1 is 1.28 bits per heavy atom. The van der Waals surface area contributed by atoms with Crippen molar-refractivity contribution < 1.29 is 9.59 Å². The molecular weight excluding hydrogens is 384 g/mol. The van der Waals surface area contributed by atoms with Crippen LogP contribution in [-0.2, 0) is 4.79 Å². The maximum absolute atomic E-state index is 12.0. The van der Waals surface area contributed by atoms with Crippen LogP contribution in [0.25, 0.3) is 0 Å². The lowest BCUT2D eigenvalue weighted by Gasteiger charge is -2.13. The van der Waals surface area contributed by atoms with Gasteiger partial charge in [-0.2, -0.15) is 0 Å². The van der Waals surface area contributed by atoms with Gasteiger partial charge in [-0.05, 0) is 36.0 Å². The standard InChI is InChI=1S/C11H10Br2N2O2S/c12-5-6-15-10(16)9(18-11(15)17)14-8-3-1-7(13)2-4-8/h1-4,9,14H,5-6H2/t9-/m0/s1. The van der Waals surface area contributed by atoms with E-state index in [-0.39, 0.29) is 11.1 Å². The Balaban J connectivity index is 2.05. The molecule has 7 heteroatoms. The minimum absolute atomic E-state index is 0.188. The Hall–Kier alpha value is -0.530. The second-order valence-electron chi connectivity index (χ2n) is 3.59. The number of carbonyl (C=O) groups is 2. The van der Waals surface area contributed by atoms with Crippen LogP contribution in [0.2, 0.25) is 0 Å². The number of thioether (sulfide) groups is 1. The summed E-state index contributed by atoms with van der Waals surface area (Å²) in [4.78, 5) is 24.9. The maximum Gasteiger partial charge on any atom is 0.290 e. The zero-order valence-corrected chi connectivity index (χ0v) is 13.2. The molecule has 1 aromatic carbocycles. The number of anilines is 1. The summed E-state index contributed by atoms with van der Waals surface area (Å²) in [5.41, 5.74) is 0.817. The lowest BCUT2D eigenvalue weighted by Crippen LogP contribution is -2.35. The summed E-state index contributed by atoms with van der Waals surface area (Å²) in [6.45, 7) is 0.406. The maximum atomic E-state index is 12.0. The van der Waals surface area contributed by atoms with Crippen molar-refractivity contribution in [3.05, 3.63) is 28.7 Å². The largest absolute Gasteiger partial charge is 0.365 e. The molecule has 0 aliphatic carbocycles.